The third kappa shape index (κ3) is 3.82. The van der Waals surface area contributed by atoms with Crippen LogP contribution in [-0.4, -0.2) is 28.1 Å². The van der Waals surface area contributed by atoms with Crippen molar-refractivity contribution < 1.29 is 18.8 Å². The zero-order valence-electron chi connectivity index (χ0n) is 13.9. The number of para-hydroxylation sites is 1. The highest BCUT2D eigenvalue weighted by Gasteiger charge is 2.23. The summed E-state index contributed by atoms with van der Waals surface area (Å²) in [7, 11) is 0. The maximum Gasteiger partial charge on any atom is 0.357 e. The Bertz CT molecular complexity index is 919. The number of hydrogen-bond acceptors (Lipinski definition) is 6. The number of aromatic nitrogens is 2. The number of carbonyl (C=O) groups excluding carboxylic acids is 2. The van der Waals surface area contributed by atoms with Crippen molar-refractivity contribution in [2.75, 3.05) is 5.32 Å². The molecule has 3 aromatic rings. The molecule has 1 aromatic carbocycles. The molecule has 0 aliphatic rings. The van der Waals surface area contributed by atoms with Gasteiger partial charge in [0.05, 0.1) is 5.52 Å². The van der Waals surface area contributed by atoms with Gasteiger partial charge in [-0.05, 0) is 25.5 Å². The minimum absolute atomic E-state index is 0.155. The molecular formula is C18H17N3O4. The molecule has 0 saturated carbocycles. The molecule has 0 fully saturated rings. The third-order valence-corrected chi connectivity index (χ3v) is 3.60. The minimum atomic E-state index is -0.947. The largest absolute Gasteiger partial charge is 0.448 e. The lowest BCUT2D eigenvalue weighted by Gasteiger charge is -2.14. The lowest BCUT2D eigenvalue weighted by atomic mass is 10.2. The first-order valence-electron chi connectivity index (χ1n) is 7.88. The molecule has 128 valence electrons. The fraction of sp³-hybridized carbons (Fsp3) is 0.222. The van der Waals surface area contributed by atoms with Gasteiger partial charge >= 0.3 is 5.97 Å². The molecule has 0 aliphatic carbocycles. The molecule has 1 N–H and O–H groups in total. The van der Waals surface area contributed by atoms with Gasteiger partial charge in [-0.25, -0.2) is 9.78 Å². The van der Waals surface area contributed by atoms with Crippen LogP contribution in [0.4, 0.5) is 5.82 Å². The number of carbonyl (C=O) groups is 2. The van der Waals surface area contributed by atoms with Crippen LogP contribution < -0.4 is 5.32 Å². The van der Waals surface area contributed by atoms with Crippen LogP contribution in [0.15, 0.2) is 47.0 Å². The number of amides is 1. The number of aryl methyl sites for hydroxylation is 1. The van der Waals surface area contributed by atoms with Gasteiger partial charge in [-0.1, -0.05) is 36.3 Å². The summed E-state index contributed by atoms with van der Waals surface area (Å²) in [5.74, 6) is -0.268. The molecule has 7 heteroatoms. The molecule has 0 unspecified atom stereocenters. The molecular weight excluding hydrogens is 322 g/mol. The molecule has 0 radical (unpaired) electrons. The van der Waals surface area contributed by atoms with E-state index >= 15 is 0 Å². The van der Waals surface area contributed by atoms with Gasteiger partial charge in [0.1, 0.15) is 11.5 Å². The quantitative estimate of drug-likeness (QED) is 0.718. The second kappa shape index (κ2) is 7.12. The highest BCUT2D eigenvalue weighted by molar-refractivity contribution is 5.97. The van der Waals surface area contributed by atoms with E-state index in [-0.39, 0.29) is 11.5 Å². The van der Waals surface area contributed by atoms with Crippen molar-refractivity contribution in [1.82, 2.24) is 10.1 Å². The van der Waals surface area contributed by atoms with Gasteiger partial charge in [0.2, 0.25) is 0 Å². The van der Waals surface area contributed by atoms with Crippen molar-refractivity contribution >= 4 is 28.6 Å². The number of fused-ring (bicyclic) bond motifs is 1. The van der Waals surface area contributed by atoms with Gasteiger partial charge < -0.3 is 14.6 Å². The Morgan fingerprint density at radius 1 is 1.24 bits per heavy atom. The van der Waals surface area contributed by atoms with Crippen LogP contribution in [0.25, 0.3) is 10.9 Å². The molecule has 0 aliphatic heterocycles. The number of anilines is 1. The predicted molar refractivity (Wildman–Crippen MR) is 91.1 cm³/mol. The van der Waals surface area contributed by atoms with Gasteiger partial charge in [0.25, 0.3) is 5.91 Å². The molecule has 2 heterocycles. The molecule has 0 spiro atoms. The first-order chi connectivity index (χ1) is 12.1. The Balaban J connectivity index is 1.71. The lowest BCUT2D eigenvalue weighted by molar-refractivity contribution is -0.124. The van der Waals surface area contributed by atoms with Crippen LogP contribution in [0.5, 0.6) is 0 Å². The summed E-state index contributed by atoms with van der Waals surface area (Å²) >= 11 is 0. The molecule has 1 amide bonds. The zero-order chi connectivity index (χ0) is 17.8. The van der Waals surface area contributed by atoms with Crippen LogP contribution >= 0.6 is 0 Å². The Kier molecular flexibility index (Phi) is 4.74. The number of ether oxygens (including phenoxy) is 1. The number of benzene rings is 1. The minimum Gasteiger partial charge on any atom is -0.448 e. The van der Waals surface area contributed by atoms with E-state index < -0.39 is 18.0 Å². The Hall–Kier alpha value is -3.22. The summed E-state index contributed by atoms with van der Waals surface area (Å²) in [4.78, 5) is 28.8. The number of nitrogens with one attached hydrogen (secondary N) is 1. The third-order valence-electron chi connectivity index (χ3n) is 3.60. The molecule has 0 saturated heterocycles. The van der Waals surface area contributed by atoms with Crippen molar-refractivity contribution in [1.29, 1.82) is 0 Å². The fourth-order valence-electron chi connectivity index (χ4n) is 2.32. The monoisotopic (exact) mass is 339 g/mol. The highest BCUT2D eigenvalue weighted by Crippen LogP contribution is 2.14. The van der Waals surface area contributed by atoms with Crippen LogP contribution in [-0.2, 0) is 9.53 Å². The van der Waals surface area contributed by atoms with Gasteiger partial charge in [0.15, 0.2) is 11.9 Å². The van der Waals surface area contributed by atoms with Crippen LogP contribution in [0.1, 0.15) is 29.6 Å². The number of rotatable bonds is 5. The number of hydrogen-bond donors (Lipinski definition) is 1. The average molecular weight is 339 g/mol. The zero-order valence-corrected chi connectivity index (χ0v) is 13.9. The Morgan fingerprint density at radius 3 is 2.76 bits per heavy atom. The van der Waals surface area contributed by atoms with Crippen molar-refractivity contribution in [3.63, 3.8) is 0 Å². The summed E-state index contributed by atoms with van der Waals surface area (Å²) in [5.41, 5.74) is 0.842. The van der Waals surface area contributed by atoms with E-state index in [2.05, 4.69) is 15.5 Å². The van der Waals surface area contributed by atoms with Gasteiger partial charge in [-0.2, -0.15) is 0 Å². The number of esters is 1. The maximum absolute atomic E-state index is 12.3. The second-order valence-electron chi connectivity index (χ2n) is 5.50. The Labute approximate surface area is 144 Å². The van der Waals surface area contributed by atoms with E-state index in [1.807, 2.05) is 24.3 Å². The van der Waals surface area contributed by atoms with E-state index in [0.29, 0.717) is 17.7 Å². The van der Waals surface area contributed by atoms with Crippen LogP contribution in [0.2, 0.25) is 0 Å². The maximum atomic E-state index is 12.3. The van der Waals surface area contributed by atoms with Gasteiger partial charge in [0, 0.05) is 11.5 Å². The van der Waals surface area contributed by atoms with Crippen molar-refractivity contribution in [3.8, 4) is 0 Å². The van der Waals surface area contributed by atoms with E-state index in [9.17, 15) is 9.59 Å². The standard InChI is InChI=1S/C18H17N3O4/c1-3-15(17(22)20-16-10-11(2)25-21-16)24-18(23)14-9-8-12-6-4-5-7-13(12)19-14/h4-10,15H,3H2,1-2H3,(H,20,21,22)/t15-/m1/s1. The van der Waals surface area contributed by atoms with Crippen LogP contribution in [0, 0.1) is 6.92 Å². The topological polar surface area (TPSA) is 94.3 Å². The summed E-state index contributed by atoms with van der Waals surface area (Å²) < 4.78 is 10.2. The van der Waals surface area contributed by atoms with E-state index in [4.69, 9.17) is 9.26 Å². The van der Waals surface area contributed by atoms with Crippen molar-refractivity contribution in [2.24, 2.45) is 0 Å². The normalized spacial score (nSPS) is 11.9. The lowest BCUT2D eigenvalue weighted by Crippen LogP contribution is -2.32. The summed E-state index contributed by atoms with van der Waals surface area (Å²) in [5, 5.41) is 7.16. The van der Waals surface area contributed by atoms with E-state index in [0.717, 1.165) is 5.39 Å². The van der Waals surface area contributed by atoms with Crippen LogP contribution in [0.3, 0.4) is 0 Å². The predicted octanol–water partition coefficient (Wildman–Crippen LogP) is 3.11. The number of nitrogens with zero attached hydrogens (tertiary/aromatic N) is 2. The average Bonchev–Trinajstić information content (AvgIpc) is 3.03. The van der Waals surface area contributed by atoms with Crippen molar-refractivity contribution in [2.45, 2.75) is 26.4 Å². The molecule has 0 bridgehead atoms. The smallest absolute Gasteiger partial charge is 0.357 e. The van der Waals surface area contributed by atoms with Gasteiger partial charge in [-0.15, -0.1) is 0 Å². The SMILES string of the molecule is CC[C@@H](OC(=O)c1ccc2ccccc2n1)C(=O)Nc1cc(C)on1. The molecule has 7 nitrogen and oxygen atoms in total. The summed E-state index contributed by atoms with van der Waals surface area (Å²) in [6, 6.07) is 12.4. The molecule has 1 atom stereocenters. The van der Waals surface area contributed by atoms with Gasteiger partial charge in [-0.3, -0.25) is 4.79 Å². The fourth-order valence-corrected chi connectivity index (χ4v) is 2.32. The number of pyridine rings is 1. The highest BCUT2D eigenvalue weighted by atomic mass is 16.5. The second-order valence-corrected chi connectivity index (χ2v) is 5.50. The first-order valence-corrected chi connectivity index (χ1v) is 7.88. The molecule has 25 heavy (non-hydrogen) atoms. The molecule has 2 aromatic heterocycles. The Morgan fingerprint density at radius 2 is 2.04 bits per heavy atom. The molecule has 3 rings (SSSR count). The first kappa shape index (κ1) is 16.6. The van der Waals surface area contributed by atoms with E-state index in [1.54, 1.807) is 32.0 Å². The summed E-state index contributed by atoms with van der Waals surface area (Å²) in [6.07, 6.45) is -0.625. The van der Waals surface area contributed by atoms with E-state index in [1.165, 1.54) is 0 Å². The summed E-state index contributed by atoms with van der Waals surface area (Å²) in [6.45, 7) is 3.46. The van der Waals surface area contributed by atoms with Crippen molar-refractivity contribution in [3.05, 3.63) is 53.9 Å².